The molecule has 0 saturated heterocycles. The maximum absolute atomic E-state index is 5.85. The standard InChI is InChI=1S/C11H17ClN6/c1-7(2)18(3)5-4-13-9-8-10(15-6-14-8)17-11(12)16-9/h6-7H,4-5H2,1-3H3,(H2,13,14,15,16,17). The highest BCUT2D eigenvalue weighted by molar-refractivity contribution is 6.28. The van der Waals surface area contributed by atoms with Gasteiger partial charge in [0.25, 0.3) is 0 Å². The number of imidazole rings is 1. The van der Waals surface area contributed by atoms with Gasteiger partial charge in [-0.05, 0) is 32.5 Å². The molecule has 0 spiro atoms. The highest BCUT2D eigenvalue weighted by Crippen LogP contribution is 2.18. The lowest BCUT2D eigenvalue weighted by Gasteiger charge is -2.21. The Hall–Kier alpha value is -1.40. The molecule has 0 atom stereocenters. The van der Waals surface area contributed by atoms with Gasteiger partial charge in [0.05, 0.1) is 6.33 Å². The van der Waals surface area contributed by atoms with Crippen molar-refractivity contribution in [2.45, 2.75) is 19.9 Å². The second-order valence-electron chi connectivity index (χ2n) is 4.44. The predicted octanol–water partition coefficient (Wildman–Crippen LogP) is 1.76. The average Bonchev–Trinajstić information content (AvgIpc) is 2.76. The van der Waals surface area contributed by atoms with Crippen molar-refractivity contribution >= 4 is 28.6 Å². The molecular formula is C11H17ClN6. The van der Waals surface area contributed by atoms with Crippen LogP contribution >= 0.6 is 11.6 Å². The van der Waals surface area contributed by atoms with Gasteiger partial charge in [-0.2, -0.15) is 9.97 Å². The van der Waals surface area contributed by atoms with E-state index in [9.17, 15) is 0 Å². The van der Waals surface area contributed by atoms with Gasteiger partial charge in [-0.25, -0.2) is 4.98 Å². The first-order valence-electron chi connectivity index (χ1n) is 5.88. The van der Waals surface area contributed by atoms with Gasteiger partial charge in [0.1, 0.15) is 5.52 Å². The van der Waals surface area contributed by atoms with E-state index in [4.69, 9.17) is 11.6 Å². The molecule has 0 aliphatic heterocycles. The van der Waals surface area contributed by atoms with Crippen LogP contribution in [0, 0.1) is 0 Å². The number of hydrogen-bond donors (Lipinski definition) is 2. The molecule has 98 valence electrons. The largest absolute Gasteiger partial charge is 0.367 e. The predicted molar refractivity (Wildman–Crippen MR) is 72.9 cm³/mol. The summed E-state index contributed by atoms with van der Waals surface area (Å²) in [7, 11) is 2.09. The third kappa shape index (κ3) is 2.88. The van der Waals surface area contributed by atoms with Crippen molar-refractivity contribution in [1.82, 2.24) is 24.8 Å². The SMILES string of the molecule is CC(C)N(C)CCNc1nc(Cl)nc2nc[nH]c12. The van der Waals surface area contributed by atoms with E-state index in [-0.39, 0.29) is 5.28 Å². The highest BCUT2D eigenvalue weighted by atomic mass is 35.5. The molecule has 2 N–H and O–H groups in total. The molecule has 0 aliphatic carbocycles. The van der Waals surface area contributed by atoms with E-state index in [1.54, 1.807) is 6.33 Å². The van der Waals surface area contributed by atoms with Crippen LogP contribution in [0.15, 0.2) is 6.33 Å². The number of likely N-dealkylation sites (N-methyl/N-ethyl adjacent to an activating group) is 1. The molecule has 18 heavy (non-hydrogen) atoms. The van der Waals surface area contributed by atoms with E-state index in [2.05, 4.69) is 51.0 Å². The van der Waals surface area contributed by atoms with Crippen LogP contribution < -0.4 is 5.32 Å². The first-order valence-corrected chi connectivity index (χ1v) is 6.26. The van der Waals surface area contributed by atoms with E-state index >= 15 is 0 Å². The zero-order chi connectivity index (χ0) is 13.1. The van der Waals surface area contributed by atoms with Gasteiger partial charge in [-0.1, -0.05) is 0 Å². The van der Waals surface area contributed by atoms with Crippen LogP contribution in [0.1, 0.15) is 13.8 Å². The molecule has 0 radical (unpaired) electrons. The van der Waals surface area contributed by atoms with Crippen LogP contribution in [-0.2, 0) is 0 Å². The molecule has 7 heteroatoms. The van der Waals surface area contributed by atoms with Gasteiger partial charge < -0.3 is 15.2 Å². The van der Waals surface area contributed by atoms with Crippen LogP contribution in [-0.4, -0.2) is 51.0 Å². The third-order valence-corrected chi connectivity index (χ3v) is 3.07. The lowest BCUT2D eigenvalue weighted by molar-refractivity contribution is 0.284. The maximum atomic E-state index is 5.85. The summed E-state index contributed by atoms with van der Waals surface area (Å²) in [5.74, 6) is 0.694. The molecule has 2 aromatic rings. The summed E-state index contributed by atoms with van der Waals surface area (Å²) in [6.45, 7) is 6.04. The molecule has 2 heterocycles. The number of aromatic amines is 1. The summed E-state index contributed by atoms with van der Waals surface area (Å²) in [5, 5.41) is 3.45. The van der Waals surface area contributed by atoms with Gasteiger partial charge in [-0.15, -0.1) is 0 Å². The Bertz CT molecular complexity index is 523. The van der Waals surface area contributed by atoms with Gasteiger partial charge in [0, 0.05) is 19.1 Å². The molecule has 0 bridgehead atoms. The number of nitrogens with one attached hydrogen (secondary N) is 2. The van der Waals surface area contributed by atoms with E-state index in [0.29, 0.717) is 17.5 Å². The fraction of sp³-hybridized carbons (Fsp3) is 0.545. The first kappa shape index (κ1) is 13.0. The smallest absolute Gasteiger partial charge is 0.226 e. The summed E-state index contributed by atoms with van der Waals surface area (Å²) in [6, 6.07) is 0.521. The second kappa shape index (κ2) is 5.49. The summed E-state index contributed by atoms with van der Waals surface area (Å²) in [4.78, 5) is 17.5. The minimum atomic E-state index is 0.203. The Morgan fingerprint density at radius 2 is 2.22 bits per heavy atom. The lowest BCUT2D eigenvalue weighted by atomic mass is 10.3. The van der Waals surface area contributed by atoms with Crippen LogP contribution in [0.2, 0.25) is 5.28 Å². The molecular weight excluding hydrogens is 252 g/mol. The normalized spacial score (nSPS) is 11.7. The number of H-pyrrole nitrogens is 1. The molecule has 0 amide bonds. The number of rotatable bonds is 5. The second-order valence-corrected chi connectivity index (χ2v) is 4.78. The quantitative estimate of drug-likeness (QED) is 0.809. The first-order chi connectivity index (χ1) is 8.58. The summed E-state index contributed by atoms with van der Waals surface area (Å²) >= 11 is 5.85. The Labute approximate surface area is 111 Å². The average molecular weight is 269 g/mol. The lowest BCUT2D eigenvalue weighted by Crippen LogP contribution is -2.31. The monoisotopic (exact) mass is 268 g/mol. The topological polar surface area (TPSA) is 69.7 Å². The van der Waals surface area contributed by atoms with Gasteiger partial charge >= 0.3 is 0 Å². The van der Waals surface area contributed by atoms with Crippen molar-refractivity contribution < 1.29 is 0 Å². The number of anilines is 1. The Morgan fingerprint density at radius 1 is 1.44 bits per heavy atom. The van der Waals surface area contributed by atoms with E-state index in [0.717, 1.165) is 18.6 Å². The number of nitrogens with zero attached hydrogens (tertiary/aromatic N) is 4. The number of hydrogen-bond acceptors (Lipinski definition) is 5. The van der Waals surface area contributed by atoms with Gasteiger partial charge in [0.15, 0.2) is 11.5 Å². The van der Waals surface area contributed by atoms with E-state index in [1.807, 2.05) is 0 Å². The Kier molecular flexibility index (Phi) is 3.98. The maximum Gasteiger partial charge on any atom is 0.226 e. The van der Waals surface area contributed by atoms with Crippen LogP contribution in [0.25, 0.3) is 11.2 Å². The fourth-order valence-electron chi connectivity index (χ4n) is 1.54. The molecule has 0 unspecified atom stereocenters. The van der Waals surface area contributed by atoms with Crippen molar-refractivity contribution in [2.24, 2.45) is 0 Å². The zero-order valence-electron chi connectivity index (χ0n) is 10.7. The molecule has 0 fully saturated rings. The summed E-state index contributed by atoms with van der Waals surface area (Å²) < 4.78 is 0. The highest BCUT2D eigenvalue weighted by Gasteiger charge is 2.09. The number of halogens is 1. The Balaban J connectivity index is 2.05. The van der Waals surface area contributed by atoms with Crippen LogP contribution in [0.4, 0.5) is 5.82 Å². The zero-order valence-corrected chi connectivity index (χ0v) is 11.5. The Morgan fingerprint density at radius 3 is 2.94 bits per heavy atom. The third-order valence-electron chi connectivity index (χ3n) is 2.90. The molecule has 0 aromatic carbocycles. The van der Waals surface area contributed by atoms with E-state index < -0.39 is 0 Å². The summed E-state index contributed by atoms with van der Waals surface area (Å²) in [5.41, 5.74) is 1.36. The molecule has 0 aliphatic rings. The molecule has 2 aromatic heterocycles. The van der Waals surface area contributed by atoms with Crippen molar-refractivity contribution in [1.29, 1.82) is 0 Å². The van der Waals surface area contributed by atoms with Crippen molar-refractivity contribution in [3.8, 4) is 0 Å². The number of fused-ring (bicyclic) bond motifs is 1. The van der Waals surface area contributed by atoms with Crippen molar-refractivity contribution in [2.75, 3.05) is 25.5 Å². The molecule has 2 rings (SSSR count). The molecule has 0 saturated carbocycles. The van der Waals surface area contributed by atoms with Crippen LogP contribution in [0.3, 0.4) is 0 Å². The number of aromatic nitrogens is 4. The van der Waals surface area contributed by atoms with Gasteiger partial charge in [0.2, 0.25) is 5.28 Å². The van der Waals surface area contributed by atoms with Crippen molar-refractivity contribution in [3.63, 3.8) is 0 Å². The fourth-order valence-corrected chi connectivity index (χ4v) is 1.71. The minimum absolute atomic E-state index is 0.203. The van der Waals surface area contributed by atoms with Crippen molar-refractivity contribution in [3.05, 3.63) is 11.6 Å². The summed E-state index contributed by atoms with van der Waals surface area (Å²) in [6.07, 6.45) is 1.58. The van der Waals surface area contributed by atoms with E-state index in [1.165, 1.54) is 0 Å². The van der Waals surface area contributed by atoms with Gasteiger partial charge in [-0.3, -0.25) is 0 Å². The molecule has 6 nitrogen and oxygen atoms in total. The van der Waals surface area contributed by atoms with Crippen LogP contribution in [0.5, 0.6) is 0 Å². The minimum Gasteiger partial charge on any atom is -0.367 e.